The lowest BCUT2D eigenvalue weighted by Crippen LogP contribution is -2.21. The zero-order chi connectivity index (χ0) is 20.6. The molecule has 4 aromatic rings. The fourth-order valence-electron chi connectivity index (χ4n) is 2.92. The summed E-state index contributed by atoms with van der Waals surface area (Å²) < 4.78 is 47.6. The van der Waals surface area contributed by atoms with Crippen molar-refractivity contribution in [2.45, 2.75) is 19.8 Å². The van der Waals surface area contributed by atoms with Crippen LogP contribution in [-0.2, 0) is 6.54 Å². The van der Waals surface area contributed by atoms with Gasteiger partial charge in [-0.05, 0) is 42.3 Å². The third-order valence-corrected chi connectivity index (χ3v) is 4.22. The average molecular weight is 401 g/mol. The number of oxazole rings is 1. The van der Waals surface area contributed by atoms with Gasteiger partial charge in [0, 0.05) is 0 Å². The maximum absolute atomic E-state index is 12.8. The van der Waals surface area contributed by atoms with Crippen LogP contribution in [0.2, 0.25) is 0 Å². The highest BCUT2D eigenvalue weighted by atomic mass is 19.4. The van der Waals surface area contributed by atoms with Gasteiger partial charge in [0.2, 0.25) is 5.89 Å². The van der Waals surface area contributed by atoms with Crippen molar-refractivity contribution in [2.24, 2.45) is 0 Å². The number of hydrogen-bond acceptors (Lipinski definition) is 5. The van der Waals surface area contributed by atoms with Crippen LogP contribution in [0.4, 0.5) is 13.2 Å². The predicted octanol–water partition coefficient (Wildman–Crippen LogP) is 4.31. The second-order valence-electron chi connectivity index (χ2n) is 6.35. The summed E-state index contributed by atoms with van der Waals surface area (Å²) >= 11 is 0. The molecule has 2 heterocycles. The number of nitrogens with zero attached hydrogens (tertiary/aromatic N) is 3. The van der Waals surface area contributed by atoms with Gasteiger partial charge >= 0.3 is 6.36 Å². The Morgan fingerprint density at radius 1 is 1.07 bits per heavy atom. The Bertz CT molecular complexity index is 1230. The summed E-state index contributed by atoms with van der Waals surface area (Å²) in [7, 11) is 0. The number of hydrogen-bond donors (Lipinski definition) is 0. The summed E-state index contributed by atoms with van der Waals surface area (Å²) in [6.45, 7) is 1.90. The molecular formula is C20H14F3N3O3. The molecule has 0 spiro atoms. The molecule has 148 valence electrons. The number of aryl methyl sites for hydroxylation is 1. The molecule has 0 unspecified atom stereocenters. The molecule has 0 saturated carbocycles. The Hall–Kier alpha value is -3.62. The van der Waals surface area contributed by atoms with Crippen LogP contribution in [0.3, 0.4) is 0 Å². The van der Waals surface area contributed by atoms with Crippen molar-refractivity contribution in [2.75, 3.05) is 0 Å². The molecule has 0 saturated heterocycles. The maximum Gasteiger partial charge on any atom is 0.573 e. The first-order chi connectivity index (χ1) is 13.8. The number of benzene rings is 2. The predicted molar refractivity (Wildman–Crippen MR) is 98.5 cm³/mol. The molecular weight excluding hydrogens is 387 g/mol. The lowest BCUT2D eigenvalue weighted by molar-refractivity contribution is -0.274. The number of alkyl halides is 3. The van der Waals surface area contributed by atoms with Gasteiger partial charge in [-0.1, -0.05) is 18.2 Å². The lowest BCUT2D eigenvalue weighted by atomic mass is 10.0. The maximum atomic E-state index is 12.8. The minimum Gasteiger partial charge on any atom is -0.444 e. The van der Waals surface area contributed by atoms with Gasteiger partial charge in [0.25, 0.3) is 5.56 Å². The van der Waals surface area contributed by atoms with Gasteiger partial charge in [-0.15, -0.1) is 13.2 Å². The van der Waals surface area contributed by atoms with Gasteiger partial charge in [-0.2, -0.15) is 0 Å². The molecule has 0 radical (unpaired) electrons. The molecule has 0 N–H and O–H groups in total. The monoisotopic (exact) mass is 401 g/mol. The summed E-state index contributed by atoms with van der Waals surface area (Å²) in [5, 5.41) is 0.379. The molecule has 9 heteroatoms. The molecule has 0 atom stereocenters. The van der Waals surface area contributed by atoms with E-state index >= 15 is 0 Å². The van der Waals surface area contributed by atoms with Crippen molar-refractivity contribution < 1.29 is 22.3 Å². The second-order valence-corrected chi connectivity index (χ2v) is 6.35. The van der Waals surface area contributed by atoms with Gasteiger partial charge in [-0.3, -0.25) is 9.36 Å². The third-order valence-electron chi connectivity index (χ3n) is 4.22. The lowest BCUT2D eigenvalue weighted by Gasteiger charge is -2.10. The Morgan fingerprint density at radius 3 is 2.45 bits per heavy atom. The van der Waals surface area contributed by atoms with E-state index in [9.17, 15) is 18.0 Å². The summed E-state index contributed by atoms with van der Waals surface area (Å²) in [5.74, 6) is 0.719. The molecule has 0 aliphatic heterocycles. The van der Waals surface area contributed by atoms with E-state index in [0.29, 0.717) is 33.7 Å². The Balaban J connectivity index is 1.67. The molecule has 0 fully saturated rings. The molecule has 0 amide bonds. The quantitative estimate of drug-likeness (QED) is 0.510. The molecule has 4 rings (SSSR count). The Labute approximate surface area is 162 Å². The smallest absolute Gasteiger partial charge is 0.444 e. The third kappa shape index (κ3) is 4.13. The van der Waals surface area contributed by atoms with Crippen molar-refractivity contribution >= 4 is 10.9 Å². The first kappa shape index (κ1) is 18.7. The van der Waals surface area contributed by atoms with Crippen LogP contribution < -0.4 is 10.3 Å². The minimum absolute atomic E-state index is 0.142. The number of ether oxygens (including phenoxy) is 1. The van der Waals surface area contributed by atoms with Crippen LogP contribution in [0.25, 0.3) is 22.0 Å². The number of fused-ring (bicyclic) bond motifs is 1. The Morgan fingerprint density at radius 2 is 1.79 bits per heavy atom. The standard InChI is InChI=1S/C20H14F3N3O3/c1-12-9-24-18(28-12)10-26-11-25-17-7-4-14(8-16(17)19(26)27)13-2-5-15(6-3-13)29-20(21,22)23/h2-9,11H,10H2,1H3. The van der Waals surface area contributed by atoms with Crippen LogP contribution in [0.5, 0.6) is 5.75 Å². The molecule has 0 aliphatic carbocycles. The number of halogens is 3. The fraction of sp³-hybridized carbons (Fsp3) is 0.150. The van der Waals surface area contributed by atoms with E-state index < -0.39 is 6.36 Å². The van der Waals surface area contributed by atoms with Crippen LogP contribution in [0, 0.1) is 6.92 Å². The fourth-order valence-corrected chi connectivity index (χ4v) is 2.92. The summed E-state index contributed by atoms with van der Waals surface area (Å²) in [5.41, 5.74) is 1.54. The van der Waals surface area contributed by atoms with E-state index in [2.05, 4.69) is 14.7 Å². The minimum atomic E-state index is -4.75. The number of rotatable bonds is 4. The Kier molecular flexibility index (Phi) is 4.57. The molecule has 2 aromatic carbocycles. The highest BCUT2D eigenvalue weighted by Gasteiger charge is 2.30. The van der Waals surface area contributed by atoms with Gasteiger partial charge in [0.05, 0.1) is 23.4 Å². The van der Waals surface area contributed by atoms with Crippen molar-refractivity contribution in [3.63, 3.8) is 0 Å². The average Bonchev–Trinajstić information content (AvgIpc) is 3.08. The summed E-state index contributed by atoms with van der Waals surface area (Å²) in [6, 6.07) is 10.5. The van der Waals surface area contributed by atoms with Gasteiger partial charge in [-0.25, -0.2) is 9.97 Å². The van der Waals surface area contributed by atoms with E-state index in [1.165, 1.54) is 35.2 Å². The zero-order valence-electron chi connectivity index (χ0n) is 15.1. The van der Waals surface area contributed by atoms with Crippen LogP contribution >= 0.6 is 0 Å². The van der Waals surface area contributed by atoms with Crippen molar-refractivity contribution in [1.82, 2.24) is 14.5 Å². The van der Waals surface area contributed by atoms with Gasteiger partial charge < -0.3 is 9.15 Å². The largest absolute Gasteiger partial charge is 0.573 e. The summed E-state index contributed by atoms with van der Waals surface area (Å²) in [4.78, 5) is 21.2. The van der Waals surface area contributed by atoms with Gasteiger partial charge in [0.15, 0.2) is 0 Å². The molecule has 6 nitrogen and oxygen atoms in total. The van der Waals surface area contributed by atoms with Crippen molar-refractivity contribution in [1.29, 1.82) is 0 Å². The van der Waals surface area contributed by atoms with E-state index in [4.69, 9.17) is 4.42 Å². The number of aromatic nitrogens is 3. The first-order valence-corrected chi connectivity index (χ1v) is 8.55. The van der Waals surface area contributed by atoms with Crippen LogP contribution in [0.15, 0.2) is 64.2 Å². The highest BCUT2D eigenvalue weighted by Crippen LogP contribution is 2.27. The van der Waals surface area contributed by atoms with E-state index in [0.717, 1.165) is 0 Å². The van der Waals surface area contributed by atoms with E-state index in [-0.39, 0.29) is 17.9 Å². The van der Waals surface area contributed by atoms with Crippen LogP contribution in [0.1, 0.15) is 11.7 Å². The SMILES string of the molecule is Cc1cnc(Cn2cnc3ccc(-c4ccc(OC(F)(F)F)cc4)cc3c2=O)o1. The second kappa shape index (κ2) is 7.08. The van der Waals surface area contributed by atoms with E-state index in [1.54, 1.807) is 31.3 Å². The van der Waals surface area contributed by atoms with Crippen molar-refractivity contribution in [3.8, 4) is 16.9 Å². The first-order valence-electron chi connectivity index (χ1n) is 8.55. The van der Waals surface area contributed by atoms with Gasteiger partial charge in [0.1, 0.15) is 18.1 Å². The molecule has 29 heavy (non-hydrogen) atoms. The molecule has 0 aliphatic rings. The highest BCUT2D eigenvalue weighted by molar-refractivity contribution is 5.83. The van der Waals surface area contributed by atoms with Crippen LogP contribution in [-0.4, -0.2) is 20.9 Å². The van der Waals surface area contributed by atoms with E-state index in [1.807, 2.05) is 0 Å². The normalized spacial score (nSPS) is 11.7. The molecule has 2 aromatic heterocycles. The van der Waals surface area contributed by atoms with Crippen molar-refractivity contribution in [3.05, 3.63) is 77.0 Å². The molecule has 0 bridgehead atoms. The summed E-state index contributed by atoms with van der Waals surface area (Å²) in [6.07, 6.45) is -1.76. The zero-order valence-corrected chi connectivity index (χ0v) is 15.1. The topological polar surface area (TPSA) is 70.2 Å².